The van der Waals surface area contributed by atoms with Gasteiger partial charge in [0.1, 0.15) is 0 Å². The Balaban J connectivity index is 2.01. The molecule has 1 saturated heterocycles. The molecular weight excluding hydrogens is 186 g/mol. The molecule has 0 saturated carbocycles. The van der Waals surface area contributed by atoms with Crippen LogP contribution in [0.3, 0.4) is 0 Å². The van der Waals surface area contributed by atoms with Gasteiger partial charge in [0.05, 0.1) is 5.69 Å². The molecule has 3 heteroatoms. The number of benzene rings is 1. The van der Waals surface area contributed by atoms with E-state index in [1.807, 2.05) is 18.2 Å². The highest BCUT2D eigenvalue weighted by Crippen LogP contribution is 2.18. The summed E-state index contributed by atoms with van der Waals surface area (Å²) in [5, 5.41) is 10.6. The van der Waals surface area contributed by atoms with Gasteiger partial charge in [0.15, 0.2) is 0 Å². The van der Waals surface area contributed by atoms with Crippen LogP contribution in [0.5, 0.6) is 0 Å². The topological polar surface area (TPSA) is 28.0 Å². The summed E-state index contributed by atoms with van der Waals surface area (Å²) in [6.45, 7) is 4.16. The standard InChI is InChI=1S/C12H17N3/c1-11-7-3-4-8-12(11)13-14-15-9-5-2-6-10-15/h3-4,7-8H,2,5-6,9-10H2,1H3. The molecule has 1 aromatic carbocycles. The van der Waals surface area contributed by atoms with Crippen molar-refractivity contribution in [3.8, 4) is 0 Å². The molecule has 1 heterocycles. The predicted octanol–water partition coefficient (Wildman–Crippen LogP) is 3.48. The van der Waals surface area contributed by atoms with Crippen LogP contribution in [-0.4, -0.2) is 18.1 Å². The Bertz CT molecular complexity index is 340. The molecule has 2 rings (SSSR count). The van der Waals surface area contributed by atoms with E-state index in [1.54, 1.807) is 0 Å². The summed E-state index contributed by atoms with van der Waals surface area (Å²) in [6, 6.07) is 8.08. The Morgan fingerprint density at radius 3 is 2.53 bits per heavy atom. The molecule has 0 radical (unpaired) electrons. The summed E-state index contributed by atoms with van der Waals surface area (Å²) in [5.74, 6) is 0. The van der Waals surface area contributed by atoms with Gasteiger partial charge in [0.25, 0.3) is 0 Å². The van der Waals surface area contributed by atoms with Crippen molar-refractivity contribution in [2.75, 3.05) is 13.1 Å². The Morgan fingerprint density at radius 2 is 1.80 bits per heavy atom. The van der Waals surface area contributed by atoms with Crippen LogP contribution in [0.4, 0.5) is 5.69 Å². The predicted molar refractivity (Wildman–Crippen MR) is 61.1 cm³/mol. The SMILES string of the molecule is Cc1ccccc1N=NN1CCCCC1. The van der Waals surface area contributed by atoms with Crippen LogP contribution >= 0.6 is 0 Å². The van der Waals surface area contributed by atoms with E-state index in [0.717, 1.165) is 18.8 Å². The van der Waals surface area contributed by atoms with Crippen LogP contribution in [0.15, 0.2) is 34.6 Å². The van der Waals surface area contributed by atoms with Crippen molar-refractivity contribution in [3.05, 3.63) is 29.8 Å². The van der Waals surface area contributed by atoms with E-state index in [2.05, 4.69) is 28.3 Å². The monoisotopic (exact) mass is 203 g/mol. The number of hydrogen-bond donors (Lipinski definition) is 0. The number of aryl methyl sites for hydroxylation is 1. The third-order valence-electron chi connectivity index (χ3n) is 2.73. The van der Waals surface area contributed by atoms with Gasteiger partial charge in [-0.25, -0.2) is 0 Å². The fourth-order valence-corrected chi connectivity index (χ4v) is 1.75. The van der Waals surface area contributed by atoms with E-state index in [4.69, 9.17) is 0 Å². The first kappa shape index (κ1) is 10.1. The maximum Gasteiger partial charge on any atom is 0.0903 e. The summed E-state index contributed by atoms with van der Waals surface area (Å²) in [4.78, 5) is 0. The Kier molecular flexibility index (Phi) is 3.33. The highest BCUT2D eigenvalue weighted by Gasteiger charge is 2.06. The molecular formula is C12H17N3. The summed E-state index contributed by atoms with van der Waals surface area (Å²) in [7, 11) is 0. The fourth-order valence-electron chi connectivity index (χ4n) is 1.75. The van der Waals surface area contributed by atoms with Gasteiger partial charge in [0, 0.05) is 13.1 Å². The molecule has 0 aromatic heterocycles. The molecule has 0 unspecified atom stereocenters. The minimum Gasteiger partial charge on any atom is -0.278 e. The zero-order valence-corrected chi connectivity index (χ0v) is 9.19. The third-order valence-corrected chi connectivity index (χ3v) is 2.73. The first-order valence-corrected chi connectivity index (χ1v) is 5.58. The van der Waals surface area contributed by atoms with Gasteiger partial charge in [-0.05, 0) is 37.8 Å². The quantitative estimate of drug-likeness (QED) is 0.676. The number of rotatable bonds is 2. The molecule has 80 valence electrons. The van der Waals surface area contributed by atoms with Gasteiger partial charge in [-0.15, -0.1) is 5.11 Å². The first-order chi connectivity index (χ1) is 7.36. The smallest absolute Gasteiger partial charge is 0.0903 e. The average Bonchev–Trinajstić information content (AvgIpc) is 2.29. The number of nitrogens with zero attached hydrogens (tertiary/aromatic N) is 3. The first-order valence-electron chi connectivity index (χ1n) is 5.58. The van der Waals surface area contributed by atoms with Gasteiger partial charge < -0.3 is 0 Å². The third kappa shape index (κ3) is 2.78. The maximum absolute atomic E-state index is 4.28. The molecule has 0 N–H and O–H groups in total. The minimum atomic E-state index is 0.975. The zero-order chi connectivity index (χ0) is 10.5. The largest absolute Gasteiger partial charge is 0.278 e. The number of hydrogen-bond acceptors (Lipinski definition) is 2. The van der Waals surface area contributed by atoms with E-state index in [9.17, 15) is 0 Å². The second-order valence-corrected chi connectivity index (χ2v) is 3.99. The fraction of sp³-hybridized carbons (Fsp3) is 0.500. The van der Waals surface area contributed by atoms with E-state index >= 15 is 0 Å². The Labute approximate surface area is 90.8 Å². The van der Waals surface area contributed by atoms with Crippen LogP contribution in [0.1, 0.15) is 24.8 Å². The normalized spacial score (nSPS) is 17.3. The number of piperidine rings is 1. The van der Waals surface area contributed by atoms with Crippen molar-refractivity contribution in [2.24, 2.45) is 10.3 Å². The van der Waals surface area contributed by atoms with Crippen LogP contribution in [0, 0.1) is 6.92 Å². The molecule has 0 aliphatic carbocycles. The summed E-state index contributed by atoms with van der Waals surface area (Å²) < 4.78 is 0. The van der Waals surface area contributed by atoms with Crippen molar-refractivity contribution < 1.29 is 0 Å². The van der Waals surface area contributed by atoms with Crippen molar-refractivity contribution >= 4 is 5.69 Å². The van der Waals surface area contributed by atoms with Crippen molar-refractivity contribution in [2.45, 2.75) is 26.2 Å². The molecule has 0 spiro atoms. The summed E-state index contributed by atoms with van der Waals surface area (Å²) in [5.41, 5.74) is 2.15. The Morgan fingerprint density at radius 1 is 1.07 bits per heavy atom. The molecule has 1 aliphatic rings. The molecule has 1 aromatic rings. The van der Waals surface area contributed by atoms with Crippen LogP contribution in [0.2, 0.25) is 0 Å². The molecule has 0 amide bonds. The molecule has 1 fully saturated rings. The van der Waals surface area contributed by atoms with Crippen molar-refractivity contribution in [1.29, 1.82) is 0 Å². The minimum absolute atomic E-state index is 0.975. The van der Waals surface area contributed by atoms with Crippen LogP contribution < -0.4 is 0 Å². The molecule has 0 bridgehead atoms. The Hall–Kier alpha value is -1.38. The van der Waals surface area contributed by atoms with E-state index in [1.165, 1.54) is 24.8 Å². The van der Waals surface area contributed by atoms with Gasteiger partial charge >= 0.3 is 0 Å². The molecule has 0 atom stereocenters. The lowest BCUT2D eigenvalue weighted by molar-refractivity contribution is 0.224. The highest BCUT2D eigenvalue weighted by molar-refractivity contribution is 5.43. The lowest BCUT2D eigenvalue weighted by Crippen LogP contribution is -2.23. The average molecular weight is 203 g/mol. The van der Waals surface area contributed by atoms with Gasteiger partial charge in [-0.2, -0.15) is 0 Å². The van der Waals surface area contributed by atoms with E-state index in [-0.39, 0.29) is 0 Å². The zero-order valence-electron chi connectivity index (χ0n) is 9.19. The molecule has 1 aliphatic heterocycles. The van der Waals surface area contributed by atoms with Crippen LogP contribution in [-0.2, 0) is 0 Å². The maximum atomic E-state index is 4.28. The lowest BCUT2D eigenvalue weighted by Gasteiger charge is -2.21. The summed E-state index contributed by atoms with van der Waals surface area (Å²) >= 11 is 0. The highest BCUT2D eigenvalue weighted by atomic mass is 15.5. The second-order valence-electron chi connectivity index (χ2n) is 3.99. The summed E-state index contributed by atoms with van der Waals surface area (Å²) in [6.07, 6.45) is 3.82. The van der Waals surface area contributed by atoms with Gasteiger partial charge in [-0.1, -0.05) is 23.4 Å². The van der Waals surface area contributed by atoms with Crippen LogP contribution in [0.25, 0.3) is 0 Å². The van der Waals surface area contributed by atoms with Crippen molar-refractivity contribution in [1.82, 2.24) is 5.01 Å². The van der Waals surface area contributed by atoms with Crippen molar-refractivity contribution in [3.63, 3.8) is 0 Å². The lowest BCUT2D eigenvalue weighted by atomic mass is 10.2. The van der Waals surface area contributed by atoms with Gasteiger partial charge in [-0.3, -0.25) is 5.01 Å². The van der Waals surface area contributed by atoms with E-state index < -0.39 is 0 Å². The van der Waals surface area contributed by atoms with E-state index in [0.29, 0.717) is 0 Å². The van der Waals surface area contributed by atoms with Gasteiger partial charge in [0.2, 0.25) is 0 Å². The second kappa shape index (κ2) is 4.91. The molecule has 15 heavy (non-hydrogen) atoms. The molecule has 3 nitrogen and oxygen atoms in total.